The van der Waals surface area contributed by atoms with E-state index in [-0.39, 0.29) is 12.7 Å². The molecule has 7 nitrogen and oxygen atoms in total. The predicted molar refractivity (Wildman–Crippen MR) is 72.3 cm³/mol. The monoisotopic (exact) mass is 286 g/mol. The van der Waals surface area contributed by atoms with Gasteiger partial charge in [0.15, 0.2) is 11.5 Å². The number of azo groups is 1. The summed E-state index contributed by atoms with van der Waals surface area (Å²) in [5.74, 6) is 0.962. The first kappa shape index (κ1) is 13.4. The van der Waals surface area contributed by atoms with Crippen LogP contribution in [-0.4, -0.2) is 36.7 Å². The van der Waals surface area contributed by atoms with Crippen molar-refractivity contribution >= 4 is 11.6 Å². The highest BCUT2D eigenvalue weighted by Gasteiger charge is 2.26. The van der Waals surface area contributed by atoms with Crippen LogP contribution in [0.3, 0.4) is 0 Å². The molecule has 0 N–H and O–H groups in total. The zero-order valence-electron chi connectivity index (χ0n) is 11.4. The van der Waals surface area contributed by atoms with Crippen molar-refractivity contribution in [3.05, 3.63) is 18.2 Å². The number of amides is 1. The zero-order valence-corrected chi connectivity index (χ0v) is 11.4. The van der Waals surface area contributed by atoms with Gasteiger partial charge in [-0.25, -0.2) is 0 Å². The van der Waals surface area contributed by atoms with Gasteiger partial charge >= 0.3 is 0 Å². The van der Waals surface area contributed by atoms with Crippen molar-refractivity contribution in [2.45, 2.75) is 18.9 Å². The van der Waals surface area contributed by atoms with Crippen molar-refractivity contribution in [2.75, 3.05) is 19.9 Å². The van der Waals surface area contributed by atoms with Gasteiger partial charge in [-0.05, 0) is 25.0 Å². The van der Waals surface area contributed by atoms with E-state index >= 15 is 0 Å². The minimum atomic E-state index is -1.09. The fourth-order valence-electron chi connectivity index (χ4n) is 2.31. The van der Waals surface area contributed by atoms with E-state index < -0.39 is 6.04 Å². The average molecular weight is 286 g/mol. The van der Waals surface area contributed by atoms with Crippen molar-refractivity contribution in [3.8, 4) is 17.6 Å². The first-order chi connectivity index (χ1) is 10.3. The standard InChI is InChI=1S/C14H14N4O3/c15-8-11(14(19)18-5-1-2-6-18)17-16-10-3-4-12-13(7-10)21-9-20-12/h3-4,7,11H,1-2,5-6,9H2. The molecule has 1 saturated heterocycles. The molecule has 2 heterocycles. The molecular formula is C14H14N4O3. The molecule has 0 spiro atoms. The van der Waals surface area contributed by atoms with Gasteiger partial charge in [0.25, 0.3) is 5.91 Å². The van der Waals surface area contributed by atoms with E-state index in [4.69, 9.17) is 14.7 Å². The van der Waals surface area contributed by atoms with Crippen molar-refractivity contribution in [1.82, 2.24) is 4.90 Å². The molecule has 21 heavy (non-hydrogen) atoms. The Balaban J connectivity index is 1.71. The molecule has 108 valence electrons. The van der Waals surface area contributed by atoms with E-state index in [1.807, 2.05) is 6.07 Å². The van der Waals surface area contributed by atoms with Gasteiger partial charge in [0.2, 0.25) is 12.8 Å². The Labute approximate surface area is 121 Å². The summed E-state index contributed by atoms with van der Waals surface area (Å²) in [6.45, 7) is 1.57. The molecule has 0 aliphatic carbocycles. The molecule has 1 unspecified atom stereocenters. The summed E-state index contributed by atoms with van der Waals surface area (Å²) in [6, 6.07) is 5.89. The molecule has 0 radical (unpaired) electrons. The van der Waals surface area contributed by atoms with Crippen LogP contribution in [0.5, 0.6) is 11.5 Å². The Hall–Kier alpha value is -2.62. The topological polar surface area (TPSA) is 87.3 Å². The normalized spacial score (nSPS) is 18.0. The number of likely N-dealkylation sites (tertiary alicyclic amines) is 1. The average Bonchev–Trinajstić information content (AvgIpc) is 3.18. The minimum Gasteiger partial charge on any atom is -0.454 e. The van der Waals surface area contributed by atoms with Crippen LogP contribution in [0.1, 0.15) is 12.8 Å². The van der Waals surface area contributed by atoms with Gasteiger partial charge in [0.1, 0.15) is 6.07 Å². The lowest BCUT2D eigenvalue weighted by Gasteiger charge is -2.15. The third-order valence-electron chi connectivity index (χ3n) is 3.42. The Kier molecular flexibility index (Phi) is 3.69. The summed E-state index contributed by atoms with van der Waals surface area (Å²) in [6.07, 6.45) is 1.95. The number of nitrogens with zero attached hydrogens (tertiary/aromatic N) is 4. The second kappa shape index (κ2) is 5.79. The van der Waals surface area contributed by atoms with E-state index in [0.717, 1.165) is 12.8 Å². The molecule has 1 atom stereocenters. The highest BCUT2D eigenvalue weighted by molar-refractivity contribution is 5.84. The first-order valence-electron chi connectivity index (χ1n) is 6.77. The molecule has 0 aromatic heterocycles. The molecule has 2 aliphatic rings. The van der Waals surface area contributed by atoms with E-state index in [2.05, 4.69) is 10.2 Å². The van der Waals surface area contributed by atoms with Crippen LogP contribution >= 0.6 is 0 Å². The molecule has 1 aromatic carbocycles. The Morgan fingerprint density at radius 1 is 1.29 bits per heavy atom. The third kappa shape index (κ3) is 2.79. The molecule has 1 aromatic rings. The lowest BCUT2D eigenvalue weighted by Crippen LogP contribution is -2.35. The molecule has 0 saturated carbocycles. The molecule has 1 amide bonds. The van der Waals surface area contributed by atoms with Crippen LogP contribution in [0.4, 0.5) is 5.69 Å². The van der Waals surface area contributed by atoms with Crippen LogP contribution in [0.25, 0.3) is 0 Å². The number of hydrogen-bond acceptors (Lipinski definition) is 6. The smallest absolute Gasteiger partial charge is 0.264 e. The van der Waals surface area contributed by atoms with E-state index in [0.29, 0.717) is 30.3 Å². The number of ether oxygens (including phenoxy) is 2. The van der Waals surface area contributed by atoms with Gasteiger partial charge in [0, 0.05) is 19.2 Å². The van der Waals surface area contributed by atoms with Gasteiger partial charge in [-0.1, -0.05) is 0 Å². The fourth-order valence-corrected chi connectivity index (χ4v) is 2.31. The van der Waals surface area contributed by atoms with E-state index in [9.17, 15) is 4.79 Å². The maximum Gasteiger partial charge on any atom is 0.264 e. The third-order valence-corrected chi connectivity index (χ3v) is 3.42. The highest BCUT2D eigenvalue weighted by atomic mass is 16.7. The summed E-state index contributed by atoms with van der Waals surface area (Å²) in [5, 5.41) is 16.9. The van der Waals surface area contributed by atoms with Crippen LogP contribution in [0, 0.1) is 11.3 Å². The molecule has 7 heteroatoms. The summed E-state index contributed by atoms with van der Waals surface area (Å²) in [5.41, 5.74) is 0.522. The van der Waals surface area contributed by atoms with Crippen molar-refractivity contribution < 1.29 is 14.3 Å². The summed E-state index contributed by atoms with van der Waals surface area (Å²) in [4.78, 5) is 13.7. The lowest BCUT2D eigenvalue weighted by molar-refractivity contribution is -0.130. The van der Waals surface area contributed by atoms with Crippen LogP contribution < -0.4 is 9.47 Å². The molecule has 3 rings (SSSR count). The number of hydrogen-bond donors (Lipinski definition) is 0. The highest BCUT2D eigenvalue weighted by Crippen LogP contribution is 2.35. The molecule has 2 aliphatic heterocycles. The SMILES string of the molecule is N#CC(N=Nc1ccc2c(c1)OCO2)C(=O)N1CCCC1. The molecular weight excluding hydrogens is 272 g/mol. The van der Waals surface area contributed by atoms with Gasteiger partial charge in [-0.15, -0.1) is 0 Å². The summed E-state index contributed by atoms with van der Waals surface area (Å²) >= 11 is 0. The maximum absolute atomic E-state index is 12.1. The second-order valence-corrected chi connectivity index (χ2v) is 4.82. The number of benzene rings is 1. The van der Waals surface area contributed by atoms with Crippen molar-refractivity contribution in [3.63, 3.8) is 0 Å². The molecule has 1 fully saturated rings. The van der Waals surface area contributed by atoms with Gasteiger partial charge in [-0.3, -0.25) is 4.79 Å². The van der Waals surface area contributed by atoms with Crippen LogP contribution in [0.15, 0.2) is 28.4 Å². The van der Waals surface area contributed by atoms with Crippen LogP contribution in [-0.2, 0) is 4.79 Å². The quantitative estimate of drug-likeness (QED) is 0.795. The van der Waals surface area contributed by atoms with E-state index in [1.54, 1.807) is 23.1 Å². The fraction of sp³-hybridized carbons (Fsp3) is 0.429. The van der Waals surface area contributed by atoms with Gasteiger partial charge < -0.3 is 14.4 Å². The van der Waals surface area contributed by atoms with Gasteiger partial charge in [0.05, 0.1) is 5.69 Å². The second-order valence-electron chi connectivity index (χ2n) is 4.82. The Bertz CT molecular complexity index is 617. The Morgan fingerprint density at radius 3 is 2.81 bits per heavy atom. The largest absolute Gasteiger partial charge is 0.454 e. The van der Waals surface area contributed by atoms with Crippen molar-refractivity contribution in [2.24, 2.45) is 10.2 Å². The lowest BCUT2D eigenvalue weighted by atomic mass is 10.3. The molecule has 0 bridgehead atoms. The minimum absolute atomic E-state index is 0.185. The zero-order chi connectivity index (χ0) is 14.7. The number of carbonyl (C=O) groups excluding carboxylic acids is 1. The Morgan fingerprint density at radius 2 is 2.05 bits per heavy atom. The number of rotatable bonds is 3. The van der Waals surface area contributed by atoms with Crippen LogP contribution in [0.2, 0.25) is 0 Å². The maximum atomic E-state index is 12.1. The summed E-state index contributed by atoms with van der Waals surface area (Å²) < 4.78 is 10.4. The van der Waals surface area contributed by atoms with E-state index in [1.165, 1.54) is 0 Å². The number of fused-ring (bicyclic) bond motifs is 1. The van der Waals surface area contributed by atoms with Gasteiger partial charge in [-0.2, -0.15) is 15.5 Å². The number of carbonyl (C=O) groups is 1. The number of nitriles is 1. The summed E-state index contributed by atoms with van der Waals surface area (Å²) in [7, 11) is 0. The van der Waals surface area contributed by atoms with Crippen molar-refractivity contribution in [1.29, 1.82) is 5.26 Å². The predicted octanol–water partition coefficient (Wildman–Crippen LogP) is 2.01. The first-order valence-corrected chi connectivity index (χ1v) is 6.77.